The first-order valence-electron chi connectivity index (χ1n) is 9.02. The third-order valence-corrected chi connectivity index (χ3v) is 4.18. The van der Waals surface area contributed by atoms with Crippen LogP contribution in [0.5, 0.6) is 5.75 Å². The van der Waals surface area contributed by atoms with Crippen molar-refractivity contribution in [1.29, 1.82) is 0 Å². The van der Waals surface area contributed by atoms with Crippen molar-refractivity contribution in [2.75, 3.05) is 29.5 Å². The highest BCUT2D eigenvalue weighted by atomic mass is 35.5. The Morgan fingerprint density at radius 1 is 1.10 bits per heavy atom. The standard InChI is InChI=1S/C20H20ClFN6O2/c21-16-9-15(27-20(29)28-19-12-25-18(23)11-26-19)5-6-17(16)30-8-7-24-10-13-1-3-14(22)4-2-13/h1-6,9,11-12,24H,7-8,10H2,(H2,23,25)(H2,26,27,28,29). The minimum atomic E-state index is -0.496. The van der Waals surface area contributed by atoms with Crippen molar-refractivity contribution in [3.05, 3.63) is 71.3 Å². The predicted molar refractivity (Wildman–Crippen MR) is 114 cm³/mol. The highest BCUT2D eigenvalue weighted by Crippen LogP contribution is 2.27. The van der Waals surface area contributed by atoms with Gasteiger partial charge in [-0.05, 0) is 35.9 Å². The SMILES string of the molecule is Nc1cnc(NC(=O)Nc2ccc(OCCNCc3ccc(F)cc3)c(Cl)c2)cn1. The molecule has 3 rings (SSSR count). The van der Waals surface area contributed by atoms with Crippen molar-refractivity contribution in [2.45, 2.75) is 6.54 Å². The van der Waals surface area contributed by atoms with Gasteiger partial charge in [0.05, 0.1) is 17.4 Å². The summed E-state index contributed by atoms with van der Waals surface area (Å²) in [7, 11) is 0. The van der Waals surface area contributed by atoms with E-state index >= 15 is 0 Å². The van der Waals surface area contributed by atoms with E-state index in [-0.39, 0.29) is 17.5 Å². The highest BCUT2D eigenvalue weighted by Gasteiger charge is 2.07. The van der Waals surface area contributed by atoms with Gasteiger partial charge in [0.25, 0.3) is 0 Å². The van der Waals surface area contributed by atoms with Crippen LogP contribution in [0.4, 0.5) is 26.5 Å². The molecule has 0 aliphatic heterocycles. The van der Waals surface area contributed by atoms with Crippen molar-refractivity contribution in [3.8, 4) is 5.75 Å². The van der Waals surface area contributed by atoms with Crippen LogP contribution in [0.15, 0.2) is 54.9 Å². The van der Waals surface area contributed by atoms with Crippen molar-refractivity contribution in [3.63, 3.8) is 0 Å². The van der Waals surface area contributed by atoms with Crippen LogP contribution in [-0.4, -0.2) is 29.2 Å². The molecule has 2 amide bonds. The number of nitrogens with one attached hydrogen (secondary N) is 3. The quantitative estimate of drug-likeness (QED) is 0.405. The van der Waals surface area contributed by atoms with E-state index in [2.05, 4.69) is 25.9 Å². The maximum Gasteiger partial charge on any atom is 0.324 e. The van der Waals surface area contributed by atoms with E-state index in [1.807, 2.05) is 0 Å². The molecule has 5 N–H and O–H groups in total. The monoisotopic (exact) mass is 430 g/mol. The fourth-order valence-corrected chi connectivity index (χ4v) is 2.68. The Hall–Kier alpha value is -3.43. The molecule has 0 spiro atoms. The second-order valence-electron chi connectivity index (χ2n) is 6.20. The Balaban J connectivity index is 1.42. The van der Waals surface area contributed by atoms with Gasteiger partial charge < -0.3 is 21.1 Å². The highest BCUT2D eigenvalue weighted by molar-refractivity contribution is 6.32. The number of anilines is 3. The van der Waals surface area contributed by atoms with Crippen LogP contribution < -0.4 is 26.4 Å². The predicted octanol–water partition coefficient (Wildman–Crippen LogP) is 3.66. The van der Waals surface area contributed by atoms with Crippen molar-refractivity contribution in [2.24, 2.45) is 0 Å². The van der Waals surface area contributed by atoms with Crippen LogP contribution in [0.3, 0.4) is 0 Å². The van der Waals surface area contributed by atoms with Crippen LogP contribution in [-0.2, 0) is 6.54 Å². The van der Waals surface area contributed by atoms with E-state index in [1.54, 1.807) is 30.3 Å². The number of carbonyl (C=O) groups excluding carboxylic acids is 1. The molecule has 8 nitrogen and oxygen atoms in total. The van der Waals surface area contributed by atoms with Gasteiger partial charge in [0.15, 0.2) is 5.82 Å². The van der Waals surface area contributed by atoms with Crippen molar-refractivity contribution in [1.82, 2.24) is 15.3 Å². The van der Waals surface area contributed by atoms with Gasteiger partial charge in [-0.3, -0.25) is 5.32 Å². The Labute approximate surface area is 177 Å². The van der Waals surface area contributed by atoms with E-state index in [4.69, 9.17) is 22.1 Å². The van der Waals surface area contributed by atoms with Crippen LogP contribution in [0, 0.1) is 5.82 Å². The van der Waals surface area contributed by atoms with Gasteiger partial charge in [-0.1, -0.05) is 23.7 Å². The maximum atomic E-state index is 12.9. The van der Waals surface area contributed by atoms with Crippen molar-refractivity contribution < 1.29 is 13.9 Å². The zero-order valence-electron chi connectivity index (χ0n) is 15.9. The number of nitrogens with two attached hydrogens (primary N) is 1. The van der Waals surface area contributed by atoms with Gasteiger partial charge in [-0.2, -0.15) is 0 Å². The second kappa shape index (κ2) is 10.4. The number of rotatable bonds is 8. The molecule has 30 heavy (non-hydrogen) atoms. The van der Waals surface area contributed by atoms with Gasteiger partial charge in [0.2, 0.25) is 0 Å². The number of amides is 2. The number of nitrogens with zero attached hydrogens (tertiary/aromatic N) is 2. The Morgan fingerprint density at radius 3 is 2.60 bits per heavy atom. The lowest BCUT2D eigenvalue weighted by Gasteiger charge is -2.11. The van der Waals surface area contributed by atoms with Gasteiger partial charge in [0, 0.05) is 18.8 Å². The first-order chi connectivity index (χ1) is 14.5. The number of urea groups is 1. The fraction of sp³-hybridized carbons (Fsp3) is 0.150. The summed E-state index contributed by atoms with van der Waals surface area (Å²) in [5.74, 6) is 0.761. The molecular weight excluding hydrogens is 411 g/mol. The largest absolute Gasteiger partial charge is 0.491 e. The first kappa shape index (κ1) is 21.3. The molecule has 0 saturated carbocycles. The number of hydrogen-bond acceptors (Lipinski definition) is 6. The summed E-state index contributed by atoms with van der Waals surface area (Å²) in [6.07, 6.45) is 2.69. The molecule has 156 valence electrons. The van der Waals surface area contributed by atoms with E-state index < -0.39 is 6.03 Å². The molecule has 0 bridgehead atoms. The van der Waals surface area contributed by atoms with E-state index in [9.17, 15) is 9.18 Å². The molecule has 0 aliphatic carbocycles. The maximum absolute atomic E-state index is 12.9. The number of carbonyl (C=O) groups is 1. The summed E-state index contributed by atoms with van der Waals surface area (Å²) < 4.78 is 18.5. The summed E-state index contributed by atoms with van der Waals surface area (Å²) in [5, 5.41) is 8.74. The van der Waals surface area contributed by atoms with E-state index in [0.29, 0.717) is 36.2 Å². The zero-order chi connectivity index (χ0) is 21.3. The molecule has 0 saturated heterocycles. The third-order valence-electron chi connectivity index (χ3n) is 3.88. The summed E-state index contributed by atoms with van der Waals surface area (Å²) >= 11 is 6.23. The lowest BCUT2D eigenvalue weighted by atomic mass is 10.2. The Morgan fingerprint density at radius 2 is 1.90 bits per heavy atom. The molecule has 3 aromatic rings. The molecule has 0 radical (unpaired) electrons. The molecule has 10 heteroatoms. The second-order valence-corrected chi connectivity index (χ2v) is 6.61. The molecule has 1 heterocycles. The smallest absolute Gasteiger partial charge is 0.324 e. The fourth-order valence-electron chi connectivity index (χ4n) is 2.45. The van der Waals surface area contributed by atoms with Crippen LogP contribution in [0.1, 0.15) is 5.56 Å². The Bertz CT molecular complexity index is 986. The lowest BCUT2D eigenvalue weighted by molar-refractivity contribution is 0.262. The van der Waals surface area contributed by atoms with Gasteiger partial charge in [0.1, 0.15) is 24.0 Å². The molecule has 0 fully saturated rings. The number of nitrogen functional groups attached to an aromatic ring is 1. The van der Waals surface area contributed by atoms with Gasteiger partial charge in [-0.25, -0.2) is 19.2 Å². The number of benzene rings is 2. The zero-order valence-corrected chi connectivity index (χ0v) is 16.6. The number of halogens is 2. The summed E-state index contributed by atoms with van der Waals surface area (Å²) in [4.78, 5) is 19.8. The van der Waals surface area contributed by atoms with Crippen LogP contribution in [0.25, 0.3) is 0 Å². The molecule has 2 aromatic carbocycles. The topological polar surface area (TPSA) is 114 Å². The van der Waals surface area contributed by atoms with Gasteiger partial charge in [-0.15, -0.1) is 0 Å². The first-order valence-corrected chi connectivity index (χ1v) is 9.40. The molecule has 1 aromatic heterocycles. The number of aromatic nitrogens is 2. The van der Waals surface area contributed by atoms with E-state index in [1.165, 1.54) is 24.5 Å². The third kappa shape index (κ3) is 6.57. The average Bonchev–Trinajstić information content (AvgIpc) is 2.72. The molecule has 0 unspecified atom stereocenters. The molecule has 0 aliphatic rings. The Kier molecular flexibility index (Phi) is 7.36. The summed E-state index contributed by atoms with van der Waals surface area (Å²) in [6, 6.07) is 10.7. The van der Waals surface area contributed by atoms with Crippen molar-refractivity contribution >= 4 is 35.0 Å². The lowest BCUT2D eigenvalue weighted by Crippen LogP contribution is -2.21. The minimum Gasteiger partial charge on any atom is -0.491 e. The molecular formula is C20H20ClFN6O2. The average molecular weight is 431 g/mol. The number of hydrogen-bond donors (Lipinski definition) is 4. The van der Waals surface area contributed by atoms with Crippen LogP contribution >= 0.6 is 11.6 Å². The minimum absolute atomic E-state index is 0.258. The normalized spacial score (nSPS) is 10.5. The summed E-state index contributed by atoms with van der Waals surface area (Å²) in [6.45, 7) is 1.58. The molecule has 0 atom stereocenters. The number of ether oxygens (including phenoxy) is 1. The summed E-state index contributed by atoms with van der Waals surface area (Å²) in [5.41, 5.74) is 6.92. The van der Waals surface area contributed by atoms with E-state index in [0.717, 1.165) is 5.56 Å². The van der Waals surface area contributed by atoms with Crippen LogP contribution in [0.2, 0.25) is 5.02 Å². The van der Waals surface area contributed by atoms with Gasteiger partial charge >= 0.3 is 6.03 Å².